The Balaban J connectivity index is 3.43. The van der Waals surface area contributed by atoms with Crippen molar-refractivity contribution in [1.82, 2.24) is 4.98 Å². The Morgan fingerprint density at radius 2 is 2.31 bits per heavy atom. The Hall–Kier alpha value is -1.74. The molecule has 0 aliphatic heterocycles. The van der Waals surface area contributed by atoms with E-state index in [2.05, 4.69) is 9.72 Å². The molecule has 0 saturated carbocycles. The molecule has 0 fully saturated rings. The number of methoxy groups -OCH3 is 1. The minimum absolute atomic E-state index is 0.174. The van der Waals surface area contributed by atoms with Crippen LogP contribution in [0.5, 0.6) is 0 Å². The summed E-state index contributed by atoms with van der Waals surface area (Å²) in [4.78, 5) is 14.5. The second-order valence-electron chi connectivity index (χ2n) is 2.66. The van der Waals surface area contributed by atoms with Gasteiger partial charge in [-0.1, -0.05) is 11.6 Å². The maximum Gasteiger partial charge on any atom is 0.339 e. The molecule has 1 aromatic rings. The molecular formula is C9H5ClF2N2O2. The summed E-state index contributed by atoms with van der Waals surface area (Å²) in [7, 11) is 1.05. The summed E-state index contributed by atoms with van der Waals surface area (Å²) in [6, 6.07) is 2.49. The van der Waals surface area contributed by atoms with Gasteiger partial charge in [-0.3, -0.25) is 0 Å². The molecule has 16 heavy (non-hydrogen) atoms. The monoisotopic (exact) mass is 246 g/mol. The average Bonchev–Trinajstić information content (AvgIpc) is 2.27. The number of hydrogen-bond donors (Lipinski definition) is 0. The van der Waals surface area contributed by atoms with E-state index in [9.17, 15) is 13.6 Å². The van der Waals surface area contributed by atoms with Gasteiger partial charge in [0.2, 0.25) is 0 Å². The van der Waals surface area contributed by atoms with E-state index >= 15 is 0 Å². The summed E-state index contributed by atoms with van der Waals surface area (Å²) in [5.41, 5.74) is -1.61. The lowest BCUT2D eigenvalue weighted by Crippen LogP contribution is -2.09. The number of rotatable bonds is 2. The molecule has 4 nitrogen and oxygen atoms in total. The summed E-state index contributed by atoms with van der Waals surface area (Å²) < 4.78 is 29.4. The second-order valence-corrected chi connectivity index (χ2v) is 3.06. The van der Waals surface area contributed by atoms with Crippen LogP contribution in [0.2, 0.25) is 5.02 Å². The number of aromatic nitrogens is 1. The molecule has 1 rings (SSSR count). The highest BCUT2D eigenvalue weighted by Gasteiger charge is 2.23. The Kier molecular flexibility index (Phi) is 3.74. The molecule has 0 spiro atoms. The van der Waals surface area contributed by atoms with Gasteiger partial charge in [0.1, 0.15) is 11.8 Å². The van der Waals surface area contributed by atoms with E-state index in [0.717, 1.165) is 13.2 Å². The lowest BCUT2D eigenvalue weighted by molar-refractivity contribution is 0.0587. The highest BCUT2D eigenvalue weighted by atomic mass is 35.5. The number of hydrogen-bond acceptors (Lipinski definition) is 4. The van der Waals surface area contributed by atoms with Gasteiger partial charge in [-0.05, 0) is 6.07 Å². The van der Waals surface area contributed by atoms with E-state index in [4.69, 9.17) is 16.9 Å². The number of esters is 1. The van der Waals surface area contributed by atoms with E-state index in [-0.39, 0.29) is 10.7 Å². The first-order chi connectivity index (χ1) is 7.51. The van der Waals surface area contributed by atoms with Crippen LogP contribution in [0.3, 0.4) is 0 Å². The SMILES string of the molecule is COC(=O)c1cc(Cl)c(C#N)nc1C(F)F. The van der Waals surface area contributed by atoms with Crippen LogP contribution < -0.4 is 0 Å². The van der Waals surface area contributed by atoms with Crippen molar-refractivity contribution in [3.05, 3.63) is 28.0 Å². The predicted molar refractivity (Wildman–Crippen MR) is 50.3 cm³/mol. The highest BCUT2D eigenvalue weighted by Crippen LogP contribution is 2.26. The molecule has 1 aromatic heterocycles. The van der Waals surface area contributed by atoms with Crippen molar-refractivity contribution in [3.8, 4) is 6.07 Å². The second kappa shape index (κ2) is 4.86. The number of carbonyl (C=O) groups is 1. The molecular weight excluding hydrogens is 242 g/mol. The van der Waals surface area contributed by atoms with Crippen LogP contribution >= 0.6 is 11.6 Å². The van der Waals surface area contributed by atoms with Crippen molar-refractivity contribution in [2.24, 2.45) is 0 Å². The largest absolute Gasteiger partial charge is 0.465 e. The number of nitrogens with zero attached hydrogens (tertiary/aromatic N) is 2. The van der Waals surface area contributed by atoms with Gasteiger partial charge in [0, 0.05) is 0 Å². The molecule has 0 aliphatic rings. The first-order valence-corrected chi connectivity index (χ1v) is 4.36. The number of nitriles is 1. The molecule has 0 aromatic carbocycles. The van der Waals surface area contributed by atoms with Gasteiger partial charge in [-0.25, -0.2) is 18.6 Å². The van der Waals surface area contributed by atoms with Gasteiger partial charge < -0.3 is 4.74 Å². The van der Waals surface area contributed by atoms with Crippen molar-refractivity contribution >= 4 is 17.6 Å². The lowest BCUT2D eigenvalue weighted by atomic mass is 10.1. The molecule has 0 amide bonds. The number of carbonyl (C=O) groups excluding carboxylic acids is 1. The van der Waals surface area contributed by atoms with Gasteiger partial charge in [0.05, 0.1) is 17.7 Å². The van der Waals surface area contributed by atoms with Crippen LogP contribution in [-0.4, -0.2) is 18.1 Å². The quantitative estimate of drug-likeness (QED) is 0.752. The van der Waals surface area contributed by atoms with Crippen molar-refractivity contribution < 1.29 is 18.3 Å². The standard InChI is InChI=1S/C9H5ClF2N2O2/c1-16-9(15)4-2-5(10)6(3-13)14-7(4)8(11)12/h2,8H,1H3. The maximum atomic E-state index is 12.5. The molecule has 0 atom stereocenters. The molecule has 84 valence electrons. The van der Waals surface area contributed by atoms with Crippen LogP contribution in [0.1, 0.15) is 28.2 Å². The summed E-state index contributed by atoms with van der Waals surface area (Å²) in [6.07, 6.45) is -2.99. The van der Waals surface area contributed by atoms with Gasteiger partial charge in [-0.2, -0.15) is 5.26 Å². The summed E-state index contributed by atoms with van der Waals surface area (Å²) in [5, 5.41) is 8.38. The van der Waals surface area contributed by atoms with Crippen molar-refractivity contribution in [1.29, 1.82) is 5.26 Å². The van der Waals surface area contributed by atoms with E-state index < -0.39 is 23.7 Å². The van der Waals surface area contributed by atoms with Crippen LogP contribution in [0.4, 0.5) is 8.78 Å². The Morgan fingerprint density at radius 3 is 2.75 bits per heavy atom. The normalized spacial score (nSPS) is 10.0. The topological polar surface area (TPSA) is 63.0 Å². The highest BCUT2D eigenvalue weighted by molar-refractivity contribution is 6.31. The Labute approximate surface area is 94.4 Å². The summed E-state index contributed by atoms with van der Waals surface area (Å²) in [5.74, 6) is -0.978. The number of ether oxygens (including phenoxy) is 1. The van der Waals surface area contributed by atoms with E-state index in [1.54, 1.807) is 6.07 Å². The van der Waals surface area contributed by atoms with Crippen molar-refractivity contribution in [2.45, 2.75) is 6.43 Å². The van der Waals surface area contributed by atoms with E-state index in [1.807, 2.05) is 0 Å². The first kappa shape index (κ1) is 12.3. The molecule has 0 N–H and O–H groups in total. The fourth-order valence-corrected chi connectivity index (χ4v) is 1.21. The van der Waals surface area contributed by atoms with Gasteiger partial charge >= 0.3 is 5.97 Å². The number of halogens is 3. The molecule has 0 unspecified atom stereocenters. The smallest absolute Gasteiger partial charge is 0.339 e. The zero-order chi connectivity index (χ0) is 12.3. The van der Waals surface area contributed by atoms with Crippen LogP contribution in [0.15, 0.2) is 6.07 Å². The first-order valence-electron chi connectivity index (χ1n) is 3.98. The van der Waals surface area contributed by atoms with Gasteiger partial charge in [0.15, 0.2) is 5.69 Å². The lowest BCUT2D eigenvalue weighted by Gasteiger charge is -2.07. The molecule has 7 heteroatoms. The van der Waals surface area contributed by atoms with Crippen LogP contribution in [0, 0.1) is 11.3 Å². The average molecular weight is 247 g/mol. The fourth-order valence-electron chi connectivity index (χ4n) is 1.02. The molecule has 1 heterocycles. The Morgan fingerprint density at radius 1 is 1.69 bits per heavy atom. The number of alkyl halides is 2. The molecule has 0 bridgehead atoms. The van der Waals surface area contributed by atoms with E-state index in [1.165, 1.54) is 0 Å². The van der Waals surface area contributed by atoms with Crippen molar-refractivity contribution in [2.75, 3.05) is 7.11 Å². The molecule has 0 radical (unpaired) electrons. The minimum atomic E-state index is -2.99. The third-order valence-corrected chi connectivity index (χ3v) is 2.01. The predicted octanol–water partition coefficient (Wildman–Crippen LogP) is 2.33. The third kappa shape index (κ3) is 2.25. The number of pyridine rings is 1. The summed E-state index contributed by atoms with van der Waals surface area (Å²) in [6.45, 7) is 0. The molecule has 0 aliphatic carbocycles. The minimum Gasteiger partial charge on any atom is -0.465 e. The zero-order valence-corrected chi connectivity index (χ0v) is 8.76. The van der Waals surface area contributed by atoms with Gasteiger partial charge in [-0.15, -0.1) is 0 Å². The van der Waals surface area contributed by atoms with Crippen molar-refractivity contribution in [3.63, 3.8) is 0 Å². The molecule has 0 saturated heterocycles. The summed E-state index contributed by atoms with van der Waals surface area (Å²) >= 11 is 5.57. The van der Waals surface area contributed by atoms with E-state index in [0.29, 0.717) is 0 Å². The Bertz CT molecular complexity index is 471. The zero-order valence-electron chi connectivity index (χ0n) is 8.00. The van der Waals surface area contributed by atoms with Crippen LogP contribution in [0.25, 0.3) is 0 Å². The third-order valence-electron chi connectivity index (χ3n) is 1.72. The fraction of sp³-hybridized carbons (Fsp3) is 0.222. The van der Waals surface area contributed by atoms with Crippen LogP contribution in [-0.2, 0) is 4.74 Å². The van der Waals surface area contributed by atoms with Gasteiger partial charge in [0.25, 0.3) is 6.43 Å². The maximum absolute atomic E-state index is 12.5.